The van der Waals surface area contributed by atoms with Crippen molar-refractivity contribution in [3.8, 4) is 0 Å². The minimum absolute atomic E-state index is 0.0248. The van der Waals surface area contributed by atoms with Crippen LogP contribution < -0.4 is 4.72 Å². The van der Waals surface area contributed by atoms with E-state index in [1.54, 1.807) is 24.0 Å². The molecule has 0 fully saturated rings. The molecule has 0 aliphatic rings. The van der Waals surface area contributed by atoms with E-state index >= 15 is 0 Å². The summed E-state index contributed by atoms with van der Waals surface area (Å²) in [6.07, 6.45) is 1.67. The highest BCUT2D eigenvalue weighted by Crippen LogP contribution is 1.97. The van der Waals surface area contributed by atoms with Crippen molar-refractivity contribution in [3.05, 3.63) is 18.0 Å². The van der Waals surface area contributed by atoms with Gasteiger partial charge in [0.1, 0.15) is 0 Å². The SMILES string of the molecule is CC(C)OCCS(=O)(=O)NCc1ccnn1C. The second kappa shape index (κ2) is 6.13. The number of nitrogens with zero attached hydrogens (tertiary/aromatic N) is 2. The molecule has 0 aliphatic heterocycles. The number of rotatable bonds is 7. The molecule has 1 heterocycles. The van der Waals surface area contributed by atoms with Crippen LogP contribution in [0.5, 0.6) is 0 Å². The van der Waals surface area contributed by atoms with Gasteiger partial charge in [-0.05, 0) is 19.9 Å². The molecule has 1 rings (SSSR count). The van der Waals surface area contributed by atoms with Crippen LogP contribution in [0.15, 0.2) is 12.3 Å². The lowest BCUT2D eigenvalue weighted by molar-refractivity contribution is 0.0911. The Hall–Kier alpha value is -0.920. The van der Waals surface area contributed by atoms with Gasteiger partial charge >= 0.3 is 0 Å². The van der Waals surface area contributed by atoms with E-state index in [1.807, 2.05) is 13.8 Å². The Labute approximate surface area is 102 Å². The molecule has 17 heavy (non-hydrogen) atoms. The standard InChI is InChI=1S/C10H19N3O3S/c1-9(2)16-6-7-17(14,15)12-8-10-4-5-11-13(10)3/h4-5,9,12H,6-8H2,1-3H3. The molecule has 98 valence electrons. The van der Waals surface area contributed by atoms with Gasteiger partial charge in [-0.25, -0.2) is 13.1 Å². The Kier molecular flexibility index (Phi) is 5.10. The Bertz CT molecular complexity index is 439. The largest absolute Gasteiger partial charge is 0.378 e. The van der Waals surface area contributed by atoms with Crippen LogP contribution in [0.25, 0.3) is 0 Å². The lowest BCUT2D eigenvalue weighted by Gasteiger charge is -2.09. The normalized spacial score (nSPS) is 12.2. The number of sulfonamides is 1. The van der Waals surface area contributed by atoms with E-state index < -0.39 is 10.0 Å². The highest BCUT2D eigenvalue weighted by atomic mass is 32.2. The molecule has 0 atom stereocenters. The number of aromatic nitrogens is 2. The fourth-order valence-electron chi connectivity index (χ4n) is 1.22. The Morgan fingerprint density at radius 3 is 2.76 bits per heavy atom. The van der Waals surface area contributed by atoms with Gasteiger partial charge in [0.2, 0.25) is 10.0 Å². The van der Waals surface area contributed by atoms with Crippen LogP contribution in [-0.2, 0) is 28.4 Å². The van der Waals surface area contributed by atoms with E-state index in [0.29, 0.717) is 0 Å². The van der Waals surface area contributed by atoms with Crippen molar-refractivity contribution in [1.29, 1.82) is 0 Å². The lowest BCUT2D eigenvalue weighted by atomic mass is 10.4. The first-order chi connectivity index (χ1) is 7.91. The van der Waals surface area contributed by atoms with Gasteiger partial charge < -0.3 is 4.74 Å². The van der Waals surface area contributed by atoms with Crippen LogP contribution in [-0.4, -0.2) is 36.7 Å². The molecule has 0 aliphatic carbocycles. The Balaban J connectivity index is 2.37. The molecule has 1 aromatic heterocycles. The zero-order valence-electron chi connectivity index (χ0n) is 10.4. The maximum atomic E-state index is 11.6. The Morgan fingerprint density at radius 1 is 1.53 bits per heavy atom. The quantitative estimate of drug-likeness (QED) is 0.764. The Morgan fingerprint density at radius 2 is 2.24 bits per heavy atom. The maximum Gasteiger partial charge on any atom is 0.214 e. The molecule has 0 amide bonds. The lowest BCUT2D eigenvalue weighted by Crippen LogP contribution is -2.29. The van der Waals surface area contributed by atoms with Crippen LogP contribution in [0.1, 0.15) is 19.5 Å². The topological polar surface area (TPSA) is 73.2 Å². The first-order valence-corrected chi connectivity index (χ1v) is 7.12. The maximum absolute atomic E-state index is 11.6. The summed E-state index contributed by atoms with van der Waals surface area (Å²) in [6, 6.07) is 1.77. The van der Waals surface area contributed by atoms with E-state index in [2.05, 4.69) is 9.82 Å². The molecule has 1 N–H and O–H groups in total. The number of ether oxygens (including phenoxy) is 1. The zero-order chi connectivity index (χ0) is 12.9. The minimum atomic E-state index is -3.29. The number of hydrogen-bond acceptors (Lipinski definition) is 4. The average Bonchev–Trinajstić information content (AvgIpc) is 2.60. The molecule has 0 spiro atoms. The van der Waals surface area contributed by atoms with Crippen molar-refractivity contribution in [3.63, 3.8) is 0 Å². The molecule has 7 heteroatoms. The zero-order valence-corrected chi connectivity index (χ0v) is 11.2. The minimum Gasteiger partial charge on any atom is -0.378 e. The second-order valence-corrected chi connectivity index (χ2v) is 5.93. The van der Waals surface area contributed by atoms with Crippen molar-refractivity contribution >= 4 is 10.0 Å². The summed E-state index contributed by atoms with van der Waals surface area (Å²) in [5, 5.41) is 3.96. The average molecular weight is 261 g/mol. The molecular formula is C10H19N3O3S. The van der Waals surface area contributed by atoms with Gasteiger partial charge in [-0.1, -0.05) is 0 Å². The van der Waals surface area contributed by atoms with Crippen LogP contribution in [0.3, 0.4) is 0 Å². The summed E-state index contributed by atoms with van der Waals surface area (Å²) >= 11 is 0. The number of hydrogen-bond donors (Lipinski definition) is 1. The third-order valence-electron chi connectivity index (χ3n) is 2.20. The van der Waals surface area contributed by atoms with E-state index in [9.17, 15) is 8.42 Å². The number of aryl methyl sites for hydroxylation is 1. The number of nitrogens with one attached hydrogen (secondary N) is 1. The smallest absolute Gasteiger partial charge is 0.214 e. The van der Waals surface area contributed by atoms with Crippen molar-refractivity contribution in [2.45, 2.75) is 26.5 Å². The van der Waals surface area contributed by atoms with Crippen molar-refractivity contribution in [1.82, 2.24) is 14.5 Å². The summed E-state index contributed by atoms with van der Waals surface area (Å²) in [4.78, 5) is 0. The molecule has 0 saturated heterocycles. The molecule has 0 unspecified atom stereocenters. The molecule has 0 radical (unpaired) electrons. The van der Waals surface area contributed by atoms with Crippen LogP contribution in [0.4, 0.5) is 0 Å². The summed E-state index contributed by atoms with van der Waals surface area (Å²) in [7, 11) is -1.52. The summed E-state index contributed by atoms with van der Waals surface area (Å²) < 4.78 is 32.5. The molecule has 1 aromatic rings. The third-order valence-corrected chi connectivity index (χ3v) is 3.49. The predicted molar refractivity (Wildman–Crippen MR) is 64.9 cm³/mol. The summed E-state index contributed by atoms with van der Waals surface area (Å²) in [6.45, 7) is 4.20. The molecule has 6 nitrogen and oxygen atoms in total. The molecular weight excluding hydrogens is 242 g/mol. The van der Waals surface area contributed by atoms with Crippen molar-refractivity contribution in [2.24, 2.45) is 7.05 Å². The van der Waals surface area contributed by atoms with Crippen LogP contribution in [0, 0.1) is 0 Å². The molecule has 0 bridgehead atoms. The molecule has 0 saturated carbocycles. The van der Waals surface area contributed by atoms with E-state index in [4.69, 9.17) is 4.74 Å². The van der Waals surface area contributed by atoms with Gasteiger partial charge in [0.25, 0.3) is 0 Å². The van der Waals surface area contributed by atoms with Crippen molar-refractivity contribution < 1.29 is 13.2 Å². The van der Waals surface area contributed by atoms with Gasteiger partial charge in [0.15, 0.2) is 0 Å². The van der Waals surface area contributed by atoms with E-state index in [1.165, 1.54) is 0 Å². The van der Waals surface area contributed by atoms with Gasteiger partial charge in [-0.2, -0.15) is 5.10 Å². The van der Waals surface area contributed by atoms with Gasteiger partial charge in [-0.3, -0.25) is 4.68 Å². The first kappa shape index (κ1) is 14.1. The van der Waals surface area contributed by atoms with Crippen molar-refractivity contribution in [2.75, 3.05) is 12.4 Å². The fraction of sp³-hybridized carbons (Fsp3) is 0.700. The second-order valence-electron chi connectivity index (χ2n) is 4.01. The van der Waals surface area contributed by atoms with Crippen LogP contribution >= 0.6 is 0 Å². The van der Waals surface area contributed by atoms with E-state index in [0.717, 1.165) is 5.69 Å². The van der Waals surface area contributed by atoms with Crippen LogP contribution in [0.2, 0.25) is 0 Å². The third kappa shape index (κ3) is 5.29. The molecule has 0 aromatic carbocycles. The first-order valence-electron chi connectivity index (χ1n) is 5.46. The fourth-order valence-corrected chi connectivity index (χ4v) is 2.05. The summed E-state index contributed by atoms with van der Waals surface area (Å²) in [5.74, 6) is -0.0248. The van der Waals surface area contributed by atoms with Gasteiger partial charge in [0, 0.05) is 13.2 Å². The summed E-state index contributed by atoms with van der Waals surface area (Å²) in [5.41, 5.74) is 0.818. The van der Waals surface area contributed by atoms with E-state index in [-0.39, 0.29) is 25.0 Å². The van der Waals surface area contributed by atoms with Gasteiger partial charge in [0.05, 0.1) is 30.7 Å². The monoisotopic (exact) mass is 261 g/mol. The van der Waals surface area contributed by atoms with Gasteiger partial charge in [-0.15, -0.1) is 0 Å². The highest BCUT2D eigenvalue weighted by Gasteiger charge is 2.11. The predicted octanol–water partition coefficient (Wildman–Crippen LogP) is 0.264. The highest BCUT2D eigenvalue weighted by molar-refractivity contribution is 7.89.